The van der Waals surface area contributed by atoms with Crippen LogP contribution in [0.2, 0.25) is 0 Å². The molecule has 1 aromatic heterocycles. The fourth-order valence-corrected chi connectivity index (χ4v) is 4.15. The summed E-state index contributed by atoms with van der Waals surface area (Å²) >= 11 is 0. The highest BCUT2D eigenvalue weighted by Crippen LogP contribution is 2.28. The lowest BCUT2D eigenvalue weighted by Gasteiger charge is -2.30. The van der Waals surface area contributed by atoms with E-state index in [9.17, 15) is 4.79 Å². The third kappa shape index (κ3) is 3.48. The van der Waals surface area contributed by atoms with E-state index >= 15 is 0 Å². The fraction of sp³-hybridized carbons (Fsp3) is 0.722. The number of amides is 1. The summed E-state index contributed by atoms with van der Waals surface area (Å²) in [5, 5.41) is 6.73. The Morgan fingerprint density at radius 3 is 2.80 bits per heavy atom. The predicted molar refractivity (Wildman–Crippen MR) is 96.4 cm³/mol. The molecule has 2 fully saturated rings. The lowest BCUT2D eigenvalue weighted by Crippen LogP contribution is -2.41. The number of carbonyl (C=O) groups is 1. The number of nitrogens with one attached hydrogen (secondary N) is 2. The first kappa shape index (κ1) is 16.7. The number of nitrogens with zero attached hydrogens (tertiary/aromatic N) is 4. The normalized spacial score (nSPS) is 23.7. The van der Waals surface area contributed by atoms with Crippen molar-refractivity contribution >= 4 is 11.7 Å². The molecule has 0 aromatic carbocycles. The smallest absolute Gasteiger partial charge is 0.236 e. The van der Waals surface area contributed by atoms with Crippen LogP contribution >= 0.6 is 0 Å². The highest BCUT2D eigenvalue weighted by molar-refractivity contribution is 5.78. The fourth-order valence-electron chi connectivity index (χ4n) is 4.15. The molecular weight excluding hydrogens is 316 g/mol. The molecule has 7 nitrogen and oxygen atoms in total. The van der Waals surface area contributed by atoms with Crippen molar-refractivity contribution in [3.05, 3.63) is 17.1 Å². The maximum atomic E-state index is 12.4. The zero-order valence-electron chi connectivity index (χ0n) is 15.1. The second kappa shape index (κ2) is 7.25. The van der Waals surface area contributed by atoms with Gasteiger partial charge in [0.2, 0.25) is 5.91 Å². The van der Waals surface area contributed by atoms with Crippen LogP contribution in [-0.2, 0) is 17.8 Å². The first-order chi connectivity index (χ1) is 12.2. The Bertz CT molecular complexity index is 619. The van der Waals surface area contributed by atoms with Crippen LogP contribution in [0.1, 0.15) is 48.8 Å². The van der Waals surface area contributed by atoms with Crippen molar-refractivity contribution < 1.29 is 4.79 Å². The van der Waals surface area contributed by atoms with E-state index in [1.54, 1.807) is 0 Å². The second-order valence-electron chi connectivity index (χ2n) is 7.30. The number of hydrogen-bond acceptors (Lipinski definition) is 6. The summed E-state index contributed by atoms with van der Waals surface area (Å²) in [7, 11) is 1.92. The SMILES string of the molecule is CNc1nc([C@H]2CCCN2)nc2c1CN(CC(=O)N1CCCC1)CC2. The number of anilines is 1. The van der Waals surface area contributed by atoms with Crippen LogP contribution in [0.5, 0.6) is 0 Å². The van der Waals surface area contributed by atoms with Crippen molar-refractivity contribution in [3.8, 4) is 0 Å². The van der Waals surface area contributed by atoms with Gasteiger partial charge in [-0.2, -0.15) is 0 Å². The molecule has 7 heteroatoms. The minimum absolute atomic E-state index is 0.264. The monoisotopic (exact) mass is 344 g/mol. The molecule has 4 heterocycles. The van der Waals surface area contributed by atoms with Gasteiger partial charge in [0.25, 0.3) is 0 Å². The highest BCUT2D eigenvalue weighted by Gasteiger charge is 2.28. The average Bonchev–Trinajstić information content (AvgIpc) is 3.34. The van der Waals surface area contributed by atoms with Gasteiger partial charge in [-0.1, -0.05) is 0 Å². The van der Waals surface area contributed by atoms with Gasteiger partial charge in [0.05, 0.1) is 18.3 Å². The molecule has 0 radical (unpaired) electrons. The molecule has 0 bridgehead atoms. The maximum absolute atomic E-state index is 12.4. The topological polar surface area (TPSA) is 73.4 Å². The first-order valence-electron chi connectivity index (χ1n) is 9.55. The molecule has 3 aliphatic heterocycles. The van der Waals surface area contributed by atoms with Crippen LogP contribution in [-0.4, -0.2) is 65.4 Å². The molecule has 0 spiro atoms. The van der Waals surface area contributed by atoms with E-state index in [4.69, 9.17) is 9.97 Å². The molecule has 136 valence electrons. The molecule has 25 heavy (non-hydrogen) atoms. The quantitative estimate of drug-likeness (QED) is 0.846. The summed E-state index contributed by atoms with van der Waals surface area (Å²) in [6, 6.07) is 0.284. The average molecular weight is 344 g/mol. The van der Waals surface area contributed by atoms with Crippen molar-refractivity contribution in [2.75, 3.05) is 45.1 Å². The van der Waals surface area contributed by atoms with Crippen LogP contribution in [0.25, 0.3) is 0 Å². The molecule has 0 unspecified atom stereocenters. The van der Waals surface area contributed by atoms with E-state index in [1.165, 1.54) is 6.42 Å². The number of rotatable bonds is 4. The van der Waals surface area contributed by atoms with E-state index in [2.05, 4.69) is 15.5 Å². The Hall–Kier alpha value is -1.73. The Labute approximate surface area is 149 Å². The molecule has 2 N–H and O–H groups in total. The summed E-state index contributed by atoms with van der Waals surface area (Å²) < 4.78 is 0. The highest BCUT2D eigenvalue weighted by atomic mass is 16.2. The molecule has 3 aliphatic rings. The molecule has 0 aliphatic carbocycles. The number of carbonyl (C=O) groups excluding carboxylic acids is 1. The van der Waals surface area contributed by atoms with E-state index in [0.717, 1.165) is 81.3 Å². The Kier molecular flexibility index (Phi) is 4.85. The molecule has 0 saturated carbocycles. The summed E-state index contributed by atoms with van der Waals surface area (Å²) in [5.74, 6) is 2.11. The standard InChI is InChI=1S/C18H28N6O/c1-19-17-13-11-23(12-16(25)24-8-2-3-9-24)10-6-14(13)21-18(22-17)15-5-4-7-20-15/h15,20H,2-12H2,1H3,(H,19,21,22)/t15-/m1/s1. The number of likely N-dealkylation sites (tertiary alicyclic amines) is 1. The second-order valence-corrected chi connectivity index (χ2v) is 7.30. The summed E-state index contributed by atoms with van der Waals surface area (Å²) in [5.41, 5.74) is 2.30. The van der Waals surface area contributed by atoms with Crippen LogP contribution in [0.3, 0.4) is 0 Å². The van der Waals surface area contributed by atoms with Gasteiger partial charge in [0.1, 0.15) is 11.6 Å². The van der Waals surface area contributed by atoms with Gasteiger partial charge in [-0.25, -0.2) is 9.97 Å². The molecule has 2 saturated heterocycles. The summed E-state index contributed by atoms with van der Waals surface area (Å²) in [4.78, 5) is 26.3. The van der Waals surface area contributed by atoms with E-state index in [1.807, 2.05) is 11.9 Å². The first-order valence-corrected chi connectivity index (χ1v) is 9.55. The largest absolute Gasteiger partial charge is 0.373 e. The van der Waals surface area contributed by atoms with Gasteiger partial charge < -0.3 is 15.5 Å². The third-order valence-electron chi connectivity index (χ3n) is 5.58. The molecule has 4 rings (SSSR count). The predicted octanol–water partition coefficient (Wildman–Crippen LogP) is 0.923. The van der Waals surface area contributed by atoms with Crippen molar-refractivity contribution in [3.63, 3.8) is 0 Å². The van der Waals surface area contributed by atoms with Crippen LogP contribution in [0, 0.1) is 0 Å². The third-order valence-corrected chi connectivity index (χ3v) is 5.58. The lowest BCUT2D eigenvalue weighted by molar-refractivity contribution is -0.131. The number of fused-ring (bicyclic) bond motifs is 1. The minimum atomic E-state index is 0.264. The zero-order chi connectivity index (χ0) is 17.2. The molecular formula is C18H28N6O. The Morgan fingerprint density at radius 1 is 1.24 bits per heavy atom. The minimum Gasteiger partial charge on any atom is -0.373 e. The van der Waals surface area contributed by atoms with Crippen molar-refractivity contribution in [1.29, 1.82) is 0 Å². The van der Waals surface area contributed by atoms with Gasteiger partial charge in [-0.3, -0.25) is 9.69 Å². The Morgan fingerprint density at radius 2 is 2.08 bits per heavy atom. The van der Waals surface area contributed by atoms with E-state index < -0.39 is 0 Å². The van der Waals surface area contributed by atoms with Gasteiger partial charge in [0, 0.05) is 45.2 Å². The maximum Gasteiger partial charge on any atom is 0.236 e. The van der Waals surface area contributed by atoms with Gasteiger partial charge in [-0.15, -0.1) is 0 Å². The lowest BCUT2D eigenvalue weighted by atomic mass is 10.0. The van der Waals surface area contributed by atoms with Gasteiger partial charge >= 0.3 is 0 Å². The van der Waals surface area contributed by atoms with Crippen molar-refractivity contribution in [1.82, 2.24) is 25.1 Å². The molecule has 1 aromatic rings. The van der Waals surface area contributed by atoms with E-state index in [-0.39, 0.29) is 11.9 Å². The van der Waals surface area contributed by atoms with Crippen LogP contribution < -0.4 is 10.6 Å². The zero-order valence-corrected chi connectivity index (χ0v) is 15.1. The van der Waals surface area contributed by atoms with Gasteiger partial charge in [0.15, 0.2) is 0 Å². The number of hydrogen-bond donors (Lipinski definition) is 2. The van der Waals surface area contributed by atoms with Crippen LogP contribution in [0.15, 0.2) is 0 Å². The van der Waals surface area contributed by atoms with Crippen molar-refractivity contribution in [2.45, 2.75) is 44.7 Å². The number of aromatic nitrogens is 2. The molecule has 1 amide bonds. The van der Waals surface area contributed by atoms with Gasteiger partial charge in [-0.05, 0) is 32.2 Å². The van der Waals surface area contributed by atoms with Crippen LogP contribution in [0.4, 0.5) is 5.82 Å². The van der Waals surface area contributed by atoms with E-state index in [0.29, 0.717) is 6.54 Å². The summed E-state index contributed by atoms with van der Waals surface area (Å²) in [6.45, 7) is 5.05. The Balaban J connectivity index is 1.49. The van der Waals surface area contributed by atoms with Crippen molar-refractivity contribution in [2.24, 2.45) is 0 Å². The molecule has 1 atom stereocenters. The summed E-state index contributed by atoms with van der Waals surface area (Å²) in [6.07, 6.45) is 5.47.